The van der Waals surface area contributed by atoms with Crippen LogP contribution in [0.2, 0.25) is 0 Å². The van der Waals surface area contributed by atoms with Crippen molar-refractivity contribution in [3.8, 4) is 0 Å². The molecule has 0 aromatic carbocycles. The number of ether oxygens (including phenoxy) is 1. The van der Waals surface area contributed by atoms with Crippen molar-refractivity contribution in [3.05, 3.63) is 0 Å². The van der Waals surface area contributed by atoms with E-state index in [4.69, 9.17) is 9.84 Å². The number of carbonyl (C=O) groups excluding carboxylic acids is 2. The van der Waals surface area contributed by atoms with E-state index in [0.29, 0.717) is 11.9 Å². The molecule has 0 radical (unpaired) electrons. The van der Waals surface area contributed by atoms with Gasteiger partial charge in [0.1, 0.15) is 11.6 Å². The van der Waals surface area contributed by atoms with Crippen molar-refractivity contribution in [1.29, 1.82) is 0 Å². The van der Waals surface area contributed by atoms with Crippen LogP contribution in [-0.4, -0.2) is 70.1 Å². The summed E-state index contributed by atoms with van der Waals surface area (Å²) < 4.78 is 5.41. The first kappa shape index (κ1) is 21.2. The summed E-state index contributed by atoms with van der Waals surface area (Å²) in [7, 11) is 0. The third-order valence-electron chi connectivity index (χ3n) is 3.92. The maximum atomic E-state index is 12.6. The molecule has 2 heterocycles. The number of carbonyl (C=O) groups is 2. The molecule has 2 fully saturated rings. The molecule has 1 atom stereocenters. The summed E-state index contributed by atoms with van der Waals surface area (Å²) >= 11 is 3.00. The quantitative estimate of drug-likeness (QED) is 0.715. The summed E-state index contributed by atoms with van der Waals surface area (Å²) in [6.07, 6.45) is 4.63. The van der Waals surface area contributed by atoms with Gasteiger partial charge in [-0.25, -0.2) is 4.79 Å². The Bertz CT molecular complexity index is 404. The third kappa shape index (κ3) is 6.97. The fraction of sp³-hybridized carbons (Fsp3) is 0.882. The number of halogens is 1. The van der Waals surface area contributed by atoms with Crippen LogP contribution in [0.25, 0.3) is 0 Å². The first-order valence-electron chi connectivity index (χ1n) is 8.75. The molecule has 140 valence electrons. The van der Waals surface area contributed by atoms with Crippen molar-refractivity contribution in [2.24, 2.45) is 0 Å². The smallest absolute Gasteiger partial charge is 0.410 e. The maximum Gasteiger partial charge on any atom is 0.410 e. The molecule has 0 unspecified atom stereocenters. The summed E-state index contributed by atoms with van der Waals surface area (Å²) in [5, 5.41) is 8.52. The summed E-state index contributed by atoms with van der Waals surface area (Å²) in [5.74, 6) is 0.105. The first-order chi connectivity index (χ1) is 11.3. The van der Waals surface area contributed by atoms with E-state index in [-0.39, 0.29) is 24.6 Å². The van der Waals surface area contributed by atoms with E-state index in [1.807, 2.05) is 25.7 Å². The predicted molar refractivity (Wildman–Crippen MR) is 97.3 cm³/mol. The lowest BCUT2D eigenvalue weighted by Gasteiger charge is -2.33. The molecule has 24 heavy (non-hydrogen) atoms. The Labute approximate surface area is 153 Å². The van der Waals surface area contributed by atoms with Crippen molar-refractivity contribution in [2.45, 2.75) is 64.5 Å². The topological polar surface area (TPSA) is 70.1 Å². The molecule has 0 aliphatic carbocycles. The Kier molecular flexibility index (Phi) is 9.05. The molecule has 2 rings (SSSR count). The average molecular weight is 407 g/mol. The van der Waals surface area contributed by atoms with Crippen LogP contribution in [0, 0.1) is 0 Å². The Morgan fingerprint density at radius 3 is 2.21 bits per heavy atom. The first-order valence-corrected chi connectivity index (χ1v) is 9.87. The van der Waals surface area contributed by atoms with E-state index < -0.39 is 5.60 Å². The van der Waals surface area contributed by atoms with Gasteiger partial charge < -0.3 is 14.7 Å². The zero-order valence-corrected chi connectivity index (χ0v) is 16.7. The zero-order chi connectivity index (χ0) is 18.2. The van der Waals surface area contributed by atoms with Crippen molar-refractivity contribution >= 4 is 27.9 Å². The van der Waals surface area contributed by atoms with E-state index in [9.17, 15) is 9.59 Å². The number of amides is 2. The van der Waals surface area contributed by atoms with E-state index in [1.165, 1.54) is 6.42 Å². The lowest BCUT2D eigenvalue weighted by Crippen LogP contribution is -2.50. The van der Waals surface area contributed by atoms with E-state index >= 15 is 0 Å². The van der Waals surface area contributed by atoms with Crippen LogP contribution >= 0.6 is 15.9 Å². The van der Waals surface area contributed by atoms with Gasteiger partial charge in [-0.1, -0.05) is 15.9 Å². The minimum Gasteiger partial charge on any atom is -0.444 e. The second-order valence-electron chi connectivity index (χ2n) is 7.13. The lowest BCUT2D eigenvalue weighted by molar-refractivity contribution is -0.136. The van der Waals surface area contributed by atoms with Gasteiger partial charge >= 0.3 is 6.09 Å². The van der Waals surface area contributed by atoms with Gasteiger partial charge in [-0.2, -0.15) is 0 Å². The third-order valence-corrected chi connectivity index (χ3v) is 4.27. The normalized spacial score (nSPS) is 21.1. The molecule has 0 saturated carbocycles. The molecule has 2 aliphatic heterocycles. The second-order valence-corrected chi connectivity index (χ2v) is 7.92. The summed E-state index contributed by atoms with van der Waals surface area (Å²) in [6, 6.07) is -0.317. The van der Waals surface area contributed by atoms with Crippen LogP contribution in [0.15, 0.2) is 0 Å². The van der Waals surface area contributed by atoms with Gasteiger partial charge in [-0.3, -0.25) is 9.69 Å². The van der Waals surface area contributed by atoms with E-state index in [0.717, 1.165) is 38.8 Å². The van der Waals surface area contributed by atoms with Crippen molar-refractivity contribution < 1.29 is 19.4 Å². The van der Waals surface area contributed by atoms with Crippen molar-refractivity contribution in [3.63, 3.8) is 0 Å². The highest BCUT2D eigenvalue weighted by Crippen LogP contribution is 2.23. The van der Waals surface area contributed by atoms with Crippen LogP contribution < -0.4 is 0 Å². The standard InChI is InChI=1S/C15H26N2O3.C2H5BrO/c1-15(2,3)20-14(19)17-11-7-8-12(17)13(18)16-9-5-4-6-10-16;3-1-2-4/h12H,4-11H2,1-3H3;4H,1-2H2/t12-;/m0./s1. The van der Waals surface area contributed by atoms with Crippen molar-refractivity contribution in [1.82, 2.24) is 9.80 Å². The average Bonchev–Trinajstić information content (AvgIpc) is 3.03. The maximum absolute atomic E-state index is 12.6. The summed E-state index contributed by atoms with van der Waals surface area (Å²) in [4.78, 5) is 28.3. The molecule has 7 heteroatoms. The number of rotatable bonds is 2. The van der Waals surface area contributed by atoms with Crippen LogP contribution in [0.4, 0.5) is 4.79 Å². The van der Waals surface area contributed by atoms with E-state index in [2.05, 4.69) is 15.9 Å². The lowest BCUT2D eigenvalue weighted by atomic mass is 10.1. The number of aliphatic hydroxyl groups is 1. The minimum atomic E-state index is -0.515. The van der Waals surface area contributed by atoms with Gasteiger partial charge in [0.2, 0.25) is 5.91 Å². The largest absolute Gasteiger partial charge is 0.444 e. The molecule has 1 N–H and O–H groups in total. The monoisotopic (exact) mass is 406 g/mol. The summed E-state index contributed by atoms with van der Waals surface area (Å²) in [5.41, 5.74) is -0.515. The highest BCUT2D eigenvalue weighted by atomic mass is 79.9. The minimum absolute atomic E-state index is 0.105. The number of piperidine rings is 1. The van der Waals surface area contributed by atoms with Gasteiger partial charge in [0.15, 0.2) is 0 Å². The molecular formula is C17H31BrN2O4. The molecule has 2 saturated heterocycles. The number of hydrogen-bond donors (Lipinski definition) is 1. The Morgan fingerprint density at radius 2 is 1.71 bits per heavy atom. The van der Waals surface area contributed by atoms with Gasteiger partial charge in [-0.15, -0.1) is 0 Å². The van der Waals surface area contributed by atoms with Crippen molar-refractivity contribution in [2.75, 3.05) is 31.6 Å². The second kappa shape index (κ2) is 10.2. The fourth-order valence-electron chi connectivity index (χ4n) is 2.89. The zero-order valence-electron chi connectivity index (χ0n) is 15.1. The van der Waals surface area contributed by atoms with Crippen LogP contribution in [0.3, 0.4) is 0 Å². The van der Waals surface area contributed by atoms with Gasteiger partial charge in [0.05, 0.1) is 6.61 Å². The number of nitrogens with zero attached hydrogens (tertiary/aromatic N) is 2. The Morgan fingerprint density at radius 1 is 1.12 bits per heavy atom. The number of hydrogen-bond acceptors (Lipinski definition) is 4. The molecular weight excluding hydrogens is 376 g/mol. The SMILES string of the molecule is CC(C)(C)OC(=O)N1CCC[C@H]1C(=O)N1CCCCC1.OCCBr. The molecule has 0 aromatic heterocycles. The Balaban J connectivity index is 0.000000648. The number of alkyl halides is 1. The van der Waals surface area contributed by atoms with Crippen LogP contribution in [0.5, 0.6) is 0 Å². The highest BCUT2D eigenvalue weighted by Gasteiger charge is 2.38. The molecule has 6 nitrogen and oxygen atoms in total. The molecule has 0 spiro atoms. The number of aliphatic hydroxyl groups excluding tert-OH is 1. The molecule has 2 amide bonds. The molecule has 2 aliphatic rings. The van der Waals surface area contributed by atoms with Crippen LogP contribution in [0.1, 0.15) is 52.9 Å². The van der Waals surface area contributed by atoms with E-state index in [1.54, 1.807) is 4.90 Å². The molecule has 0 aromatic rings. The van der Waals surface area contributed by atoms with Gasteiger partial charge in [-0.05, 0) is 52.9 Å². The van der Waals surface area contributed by atoms with Crippen LogP contribution in [-0.2, 0) is 9.53 Å². The predicted octanol–water partition coefficient (Wildman–Crippen LogP) is 2.77. The summed E-state index contributed by atoms with van der Waals surface area (Å²) in [6.45, 7) is 8.07. The Hall–Kier alpha value is -0.820. The van der Waals surface area contributed by atoms with Gasteiger partial charge in [0, 0.05) is 25.0 Å². The number of likely N-dealkylation sites (tertiary alicyclic amines) is 2. The van der Waals surface area contributed by atoms with Gasteiger partial charge in [0.25, 0.3) is 0 Å². The fourth-order valence-corrected chi connectivity index (χ4v) is 2.89. The molecule has 0 bridgehead atoms. The highest BCUT2D eigenvalue weighted by molar-refractivity contribution is 9.09.